The molecule has 30 heavy (non-hydrogen) atoms. The molecule has 6 N–H and O–H groups in total. The molecule has 0 heterocycles. The molecule has 1 aromatic carbocycles. The number of amides is 1. The summed E-state index contributed by atoms with van der Waals surface area (Å²) in [5.74, 6) is -0.878. The van der Waals surface area contributed by atoms with Crippen LogP contribution < -0.4 is 11.1 Å². The van der Waals surface area contributed by atoms with E-state index in [2.05, 4.69) is 5.32 Å². The molecule has 168 valence electrons. The standard InChI is InChI=1S/C24H38N2O4/c1-14(2)20(23(29)22(28)18(25)12-15-8-4-3-5-9-15)24(30)26-21-17-11-7-6-10-16(17)13-19(21)27/h6-7,10-11,14-15,18-23,27-29H,3-5,8-9,12-13,25H2,1-2H3,(H,26,30)/t18-,19+,20+,21-,22+,23+/m0/s1. The van der Waals surface area contributed by atoms with Crippen molar-refractivity contribution in [1.29, 1.82) is 0 Å². The van der Waals surface area contributed by atoms with Crippen molar-refractivity contribution in [2.75, 3.05) is 0 Å². The molecule has 0 saturated heterocycles. The number of hydrogen-bond donors (Lipinski definition) is 5. The zero-order valence-electron chi connectivity index (χ0n) is 18.2. The average molecular weight is 419 g/mol. The van der Waals surface area contributed by atoms with E-state index in [4.69, 9.17) is 5.73 Å². The molecule has 0 unspecified atom stereocenters. The average Bonchev–Trinajstić information content (AvgIpc) is 3.03. The molecular weight excluding hydrogens is 380 g/mol. The molecule has 0 radical (unpaired) electrons. The van der Waals surface area contributed by atoms with Gasteiger partial charge in [-0.05, 0) is 29.4 Å². The van der Waals surface area contributed by atoms with Crippen LogP contribution >= 0.6 is 0 Å². The summed E-state index contributed by atoms with van der Waals surface area (Å²) in [5, 5.41) is 35.0. The first kappa shape index (κ1) is 23.2. The minimum atomic E-state index is -1.25. The van der Waals surface area contributed by atoms with Crippen molar-refractivity contribution in [1.82, 2.24) is 5.32 Å². The SMILES string of the molecule is CC(C)[C@@H](C(=O)N[C@H]1c2ccccc2C[C@H]1O)[C@@H](O)[C@H](O)[C@@H](N)CC1CCCCC1. The number of hydrogen-bond acceptors (Lipinski definition) is 5. The van der Waals surface area contributed by atoms with Crippen LogP contribution in [0.25, 0.3) is 0 Å². The van der Waals surface area contributed by atoms with Gasteiger partial charge in [0.1, 0.15) is 0 Å². The lowest BCUT2D eigenvalue weighted by Gasteiger charge is -2.34. The van der Waals surface area contributed by atoms with Crippen LogP contribution in [0.4, 0.5) is 0 Å². The Labute approximate surface area is 179 Å². The van der Waals surface area contributed by atoms with Crippen molar-refractivity contribution < 1.29 is 20.1 Å². The highest BCUT2D eigenvalue weighted by molar-refractivity contribution is 5.80. The molecule has 6 heteroatoms. The predicted octanol–water partition coefficient (Wildman–Crippen LogP) is 2.05. The first-order valence-corrected chi connectivity index (χ1v) is 11.5. The van der Waals surface area contributed by atoms with Gasteiger partial charge in [0.15, 0.2) is 0 Å². The second kappa shape index (κ2) is 10.2. The van der Waals surface area contributed by atoms with E-state index in [0.717, 1.165) is 24.0 Å². The van der Waals surface area contributed by atoms with Gasteiger partial charge in [0.2, 0.25) is 5.91 Å². The molecule has 1 aromatic rings. The number of carbonyl (C=O) groups is 1. The molecule has 1 amide bonds. The normalized spacial score (nSPS) is 26.1. The topological polar surface area (TPSA) is 116 Å². The zero-order valence-corrected chi connectivity index (χ0v) is 18.2. The van der Waals surface area contributed by atoms with Crippen molar-refractivity contribution in [3.8, 4) is 0 Å². The molecular formula is C24H38N2O4. The van der Waals surface area contributed by atoms with Crippen LogP contribution in [-0.2, 0) is 11.2 Å². The quantitative estimate of drug-likeness (QED) is 0.443. The molecule has 2 aliphatic rings. The molecule has 0 aliphatic heterocycles. The number of nitrogens with two attached hydrogens (primary N) is 1. The van der Waals surface area contributed by atoms with Crippen molar-refractivity contribution in [3.63, 3.8) is 0 Å². The maximum atomic E-state index is 13.1. The first-order valence-electron chi connectivity index (χ1n) is 11.5. The lowest BCUT2D eigenvalue weighted by molar-refractivity contribution is -0.137. The summed E-state index contributed by atoms with van der Waals surface area (Å²) in [5.41, 5.74) is 8.18. The van der Waals surface area contributed by atoms with Crippen LogP contribution in [0.5, 0.6) is 0 Å². The van der Waals surface area contributed by atoms with Crippen molar-refractivity contribution in [2.45, 2.75) is 89.2 Å². The molecule has 1 fully saturated rings. The van der Waals surface area contributed by atoms with Crippen LogP contribution in [0, 0.1) is 17.8 Å². The number of fused-ring (bicyclic) bond motifs is 1. The number of carbonyl (C=O) groups excluding carboxylic acids is 1. The lowest BCUT2D eigenvalue weighted by atomic mass is 9.80. The van der Waals surface area contributed by atoms with E-state index >= 15 is 0 Å². The van der Waals surface area contributed by atoms with E-state index in [-0.39, 0.29) is 11.8 Å². The second-order valence-electron chi connectivity index (χ2n) is 9.61. The van der Waals surface area contributed by atoms with E-state index in [0.29, 0.717) is 18.8 Å². The van der Waals surface area contributed by atoms with Gasteiger partial charge in [-0.15, -0.1) is 0 Å². The van der Waals surface area contributed by atoms with Crippen LogP contribution in [0.2, 0.25) is 0 Å². The third-order valence-electron chi connectivity index (χ3n) is 7.01. The van der Waals surface area contributed by atoms with Gasteiger partial charge in [-0.3, -0.25) is 4.79 Å². The zero-order chi connectivity index (χ0) is 21.8. The fraction of sp³-hybridized carbons (Fsp3) is 0.708. The Morgan fingerprint density at radius 3 is 2.47 bits per heavy atom. The van der Waals surface area contributed by atoms with E-state index in [1.807, 2.05) is 38.1 Å². The van der Waals surface area contributed by atoms with Crippen molar-refractivity contribution in [2.24, 2.45) is 23.5 Å². The molecule has 1 saturated carbocycles. The molecule has 6 nitrogen and oxygen atoms in total. The second-order valence-corrected chi connectivity index (χ2v) is 9.61. The summed E-state index contributed by atoms with van der Waals surface area (Å²) >= 11 is 0. The highest BCUT2D eigenvalue weighted by Gasteiger charge is 2.40. The Kier molecular flexibility index (Phi) is 7.91. The van der Waals surface area contributed by atoms with Gasteiger partial charge >= 0.3 is 0 Å². The summed E-state index contributed by atoms with van der Waals surface area (Å²) in [4.78, 5) is 13.1. The van der Waals surface area contributed by atoms with Crippen molar-refractivity contribution >= 4 is 5.91 Å². The van der Waals surface area contributed by atoms with Gasteiger partial charge in [0, 0.05) is 12.5 Å². The Morgan fingerprint density at radius 1 is 1.13 bits per heavy atom. The smallest absolute Gasteiger partial charge is 0.226 e. The predicted molar refractivity (Wildman–Crippen MR) is 117 cm³/mol. The molecule has 0 bridgehead atoms. The summed E-state index contributed by atoms with van der Waals surface area (Å²) in [7, 11) is 0. The highest BCUT2D eigenvalue weighted by atomic mass is 16.3. The van der Waals surface area contributed by atoms with Gasteiger partial charge < -0.3 is 26.4 Å². The van der Waals surface area contributed by atoms with Crippen LogP contribution in [0.3, 0.4) is 0 Å². The monoisotopic (exact) mass is 418 g/mol. The van der Waals surface area contributed by atoms with E-state index in [9.17, 15) is 20.1 Å². The van der Waals surface area contributed by atoms with Crippen molar-refractivity contribution in [3.05, 3.63) is 35.4 Å². The Morgan fingerprint density at radius 2 is 1.80 bits per heavy atom. The van der Waals surface area contributed by atoms with Crippen LogP contribution in [-0.4, -0.2) is 45.6 Å². The van der Waals surface area contributed by atoms with Gasteiger partial charge in [0.25, 0.3) is 0 Å². The van der Waals surface area contributed by atoms with Gasteiger partial charge in [-0.25, -0.2) is 0 Å². The lowest BCUT2D eigenvalue weighted by Crippen LogP contribution is -2.53. The maximum absolute atomic E-state index is 13.1. The third-order valence-corrected chi connectivity index (χ3v) is 7.01. The number of aliphatic hydroxyl groups is 3. The molecule has 6 atom stereocenters. The summed E-state index contributed by atoms with van der Waals surface area (Å²) in [6.45, 7) is 3.71. The highest BCUT2D eigenvalue weighted by Crippen LogP contribution is 2.33. The van der Waals surface area contributed by atoms with E-state index in [1.165, 1.54) is 19.3 Å². The largest absolute Gasteiger partial charge is 0.390 e. The summed E-state index contributed by atoms with van der Waals surface area (Å²) < 4.78 is 0. The minimum absolute atomic E-state index is 0.190. The van der Waals surface area contributed by atoms with E-state index in [1.54, 1.807) is 0 Å². The molecule has 2 aliphatic carbocycles. The Balaban J connectivity index is 1.65. The summed E-state index contributed by atoms with van der Waals surface area (Å²) in [6.07, 6.45) is 3.91. The fourth-order valence-corrected chi connectivity index (χ4v) is 5.26. The third kappa shape index (κ3) is 5.22. The van der Waals surface area contributed by atoms with Gasteiger partial charge in [0.05, 0.1) is 30.3 Å². The number of aliphatic hydroxyl groups excluding tert-OH is 3. The van der Waals surface area contributed by atoms with Gasteiger partial charge in [-0.1, -0.05) is 70.2 Å². The summed E-state index contributed by atoms with van der Waals surface area (Å²) in [6, 6.07) is 6.60. The Bertz CT molecular complexity index is 704. The number of benzene rings is 1. The van der Waals surface area contributed by atoms with Gasteiger partial charge in [-0.2, -0.15) is 0 Å². The maximum Gasteiger partial charge on any atom is 0.226 e. The minimum Gasteiger partial charge on any atom is -0.390 e. The number of rotatable bonds is 8. The molecule has 3 rings (SSSR count). The molecule has 0 aromatic heterocycles. The number of nitrogens with one attached hydrogen (secondary N) is 1. The Hall–Kier alpha value is -1.47. The van der Waals surface area contributed by atoms with Crippen LogP contribution in [0.15, 0.2) is 24.3 Å². The molecule has 0 spiro atoms. The van der Waals surface area contributed by atoms with Crippen LogP contribution in [0.1, 0.15) is 69.5 Å². The van der Waals surface area contributed by atoms with E-state index < -0.39 is 36.3 Å². The fourth-order valence-electron chi connectivity index (χ4n) is 5.26. The first-order chi connectivity index (χ1) is 14.3.